The van der Waals surface area contributed by atoms with Gasteiger partial charge in [0.15, 0.2) is 4.80 Å². The van der Waals surface area contributed by atoms with Crippen molar-refractivity contribution < 1.29 is 19.0 Å². The molecule has 0 radical (unpaired) electrons. The van der Waals surface area contributed by atoms with Gasteiger partial charge in [-0.25, -0.2) is 9.79 Å². The van der Waals surface area contributed by atoms with Crippen molar-refractivity contribution in [2.75, 3.05) is 7.11 Å². The fourth-order valence-corrected chi connectivity index (χ4v) is 5.92. The van der Waals surface area contributed by atoms with Crippen LogP contribution in [0.15, 0.2) is 87.8 Å². The van der Waals surface area contributed by atoms with E-state index >= 15 is 0 Å². The van der Waals surface area contributed by atoms with E-state index in [4.69, 9.17) is 31.1 Å². The highest BCUT2D eigenvalue weighted by Gasteiger charge is 2.33. The van der Waals surface area contributed by atoms with Gasteiger partial charge in [-0.3, -0.25) is 9.36 Å². The highest BCUT2D eigenvalue weighted by Crippen LogP contribution is 2.32. The number of hydrogen-bond donors (Lipinski definition) is 0. The molecule has 3 aromatic carbocycles. The van der Waals surface area contributed by atoms with Crippen LogP contribution in [0.25, 0.3) is 6.08 Å². The van der Waals surface area contributed by atoms with Crippen LogP contribution in [0.4, 0.5) is 0 Å². The summed E-state index contributed by atoms with van der Waals surface area (Å²) in [5, 5.41) is 9.54. The molecular formula is C33H28ClN3O5S. The SMILES string of the molecule is COc1ccc([C@H]2C(C(=O)OC(C)C)=C(C)N=c3s/c(=C/c4cc(Cl)ccc4OCc4ccc(C#N)cc4)c(=O)n32)cc1. The maximum Gasteiger partial charge on any atom is 0.338 e. The maximum atomic E-state index is 14.0. The van der Waals surface area contributed by atoms with Gasteiger partial charge in [0.1, 0.15) is 18.1 Å². The largest absolute Gasteiger partial charge is 0.497 e. The quantitative estimate of drug-likeness (QED) is 0.250. The van der Waals surface area contributed by atoms with Crippen molar-refractivity contribution in [1.82, 2.24) is 4.57 Å². The molecule has 4 aromatic rings. The lowest BCUT2D eigenvalue weighted by atomic mass is 9.96. The topological polar surface area (TPSA) is 103 Å². The Kier molecular flexibility index (Phi) is 8.81. The molecule has 0 aliphatic carbocycles. The second kappa shape index (κ2) is 12.7. The summed E-state index contributed by atoms with van der Waals surface area (Å²) in [6, 6.07) is 20.9. The Balaban J connectivity index is 1.59. The number of aromatic nitrogens is 1. The van der Waals surface area contributed by atoms with Gasteiger partial charge in [0.25, 0.3) is 5.56 Å². The normalized spacial score (nSPS) is 14.6. The van der Waals surface area contributed by atoms with Crippen LogP contribution in [0.2, 0.25) is 5.02 Å². The van der Waals surface area contributed by atoms with Crippen LogP contribution >= 0.6 is 22.9 Å². The predicted octanol–water partition coefficient (Wildman–Crippen LogP) is 5.30. The number of halogens is 1. The average molecular weight is 614 g/mol. The van der Waals surface area contributed by atoms with Gasteiger partial charge in [0.2, 0.25) is 0 Å². The van der Waals surface area contributed by atoms with Crippen LogP contribution in [0.3, 0.4) is 0 Å². The van der Waals surface area contributed by atoms with E-state index in [9.17, 15) is 9.59 Å². The molecule has 2 heterocycles. The van der Waals surface area contributed by atoms with Crippen LogP contribution in [-0.2, 0) is 16.1 Å². The maximum absolute atomic E-state index is 14.0. The fraction of sp³-hybridized carbons (Fsp3) is 0.212. The number of allylic oxidation sites excluding steroid dienone is 1. The second-order valence-corrected chi connectivity index (χ2v) is 11.5. The van der Waals surface area contributed by atoms with Gasteiger partial charge < -0.3 is 14.2 Å². The molecule has 0 saturated carbocycles. The van der Waals surface area contributed by atoms with E-state index in [1.54, 1.807) is 76.4 Å². The van der Waals surface area contributed by atoms with Gasteiger partial charge >= 0.3 is 5.97 Å². The molecule has 1 atom stereocenters. The number of carbonyl (C=O) groups is 1. The van der Waals surface area contributed by atoms with Crippen LogP contribution in [0, 0.1) is 11.3 Å². The highest BCUT2D eigenvalue weighted by atomic mass is 35.5. The Morgan fingerprint density at radius 1 is 1.14 bits per heavy atom. The molecule has 10 heteroatoms. The number of fused-ring (bicyclic) bond motifs is 1. The lowest BCUT2D eigenvalue weighted by molar-refractivity contribution is -0.143. The summed E-state index contributed by atoms with van der Waals surface area (Å²) in [6.07, 6.45) is 1.37. The summed E-state index contributed by atoms with van der Waals surface area (Å²) >= 11 is 7.56. The lowest BCUT2D eigenvalue weighted by Gasteiger charge is -2.25. The number of carbonyl (C=O) groups excluding carboxylic acids is 1. The minimum Gasteiger partial charge on any atom is -0.497 e. The molecule has 1 aliphatic rings. The Hall–Kier alpha value is -4.65. The number of rotatable bonds is 8. The van der Waals surface area contributed by atoms with Gasteiger partial charge in [0.05, 0.1) is 46.7 Å². The zero-order valence-electron chi connectivity index (χ0n) is 24.0. The Labute approximate surface area is 257 Å². The minimum absolute atomic E-state index is 0.257. The molecule has 0 bridgehead atoms. The van der Waals surface area contributed by atoms with E-state index in [0.29, 0.717) is 53.8 Å². The van der Waals surface area contributed by atoms with Crippen LogP contribution in [0.5, 0.6) is 11.5 Å². The summed E-state index contributed by atoms with van der Waals surface area (Å²) in [5.41, 5.74) is 3.24. The zero-order chi connectivity index (χ0) is 30.7. The Morgan fingerprint density at radius 2 is 1.86 bits per heavy atom. The molecular weight excluding hydrogens is 586 g/mol. The highest BCUT2D eigenvalue weighted by molar-refractivity contribution is 7.07. The van der Waals surface area contributed by atoms with E-state index in [1.807, 2.05) is 24.3 Å². The lowest BCUT2D eigenvalue weighted by Crippen LogP contribution is -2.40. The van der Waals surface area contributed by atoms with Crippen LogP contribution in [-0.4, -0.2) is 23.8 Å². The first kappa shape index (κ1) is 29.8. The van der Waals surface area contributed by atoms with Crippen molar-refractivity contribution in [3.8, 4) is 17.6 Å². The molecule has 0 spiro atoms. The number of nitriles is 1. The molecule has 1 aliphatic heterocycles. The molecule has 0 N–H and O–H groups in total. The molecule has 43 heavy (non-hydrogen) atoms. The van der Waals surface area contributed by atoms with E-state index in [2.05, 4.69) is 11.1 Å². The third kappa shape index (κ3) is 6.41. The first-order valence-electron chi connectivity index (χ1n) is 13.5. The van der Waals surface area contributed by atoms with Gasteiger partial charge in [-0.1, -0.05) is 47.2 Å². The summed E-state index contributed by atoms with van der Waals surface area (Å²) in [7, 11) is 1.58. The number of hydrogen-bond acceptors (Lipinski definition) is 8. The van der Waals surface area contributed by atoms with Gasteiger partial charge in [-0.2, -0.15) is 5.26 Å². The number of thiazole rings is 1. The van der Waals surface area contributed by atoms with Gasteiger partial charge in [-0.15, -0.1) is 0 Å². The third-order valence-electron chi connectivity index (χ3n) is 6.75. The standard InChI is InChI=1S/C33H28ClN3O5S/c1-19(2)42-32(39)29-20(3)36-33-37(30(29)23-9-12-26(40-4)13-10-23)31(38)28(43-33)16-24-15-25(34)11-14-27(24)41-18-22-7-5-21(17-35)6-8-22/h5-16,19,30H,18H2,1-4H3/b28-16+/t30-/m0/s1. The molecule has 0 unspecified atom stereocenters. The van der Waals surface area contributed by atoms with Crippen molar-refractivity contribution in [2.45, 2.75) is 39.5 Å². The number of esters is 1. The van der Waals surface area contributed by atoms with E-state index in [1.165, 1.54) is 15.9 Å². The van der Waals surface area contributed by atoms with E-state index in [0.717, 1.165) is 5.56 Å². The van der Waals surface area contributed by atoms with Gasteiger partial charge in [-0.05, 0) is 80.4 Å². The van der Waals surface area contributed by atoms with E-state index in [-0.39, 0.29) is 18.3 Å². The van der Waals surface area contributed by atoms with E-state index < -0.39 is 12.0 Å². The molecule has 0 saturated heterocycles. The van der Waals surface area contributed by atoms with Crippen LogP contribution in [0.1, 0.15) is 49.1 Å². The smallest absolute Gasteiger partial charge is 0.338 e. The van der Waals surface area contributed by atoms with Gasteiger partial charge in [0, 0.05) is 10.6 Å². The summed E-state index contributed by atoms with van der Waals surface area (Å²) in [5.74, 6) is 0.654. The zero-order valence-corrected chi connectivity index (χ0v) is 25.5. The van der Waals surface area contributed by atoms with Crippen molar-refractivity contribution in [2.24, 2.45) is 4.99 Å². The number of ether oxygens (including phenoxy) is 3. The van der Waals surface area contributed by atoms with Crippen LogP contribution < -0.4 is 24.4 Å². The molecule has 0 amide bonds. The molecule has 5 rings (SSSR count). The first-order chi connectivity index (χ1) is 20.7. The Bertz CT molecular complexity index is 1930. The third-order valence-corrected chi connectivity index (χ3v) is 7.97. The van der Waals surface area contributed by atoms with Crippen molar-refractivity contribution in [3.05, 3.63) is 125 Å². The fourth-order valence-electron chi connectivity index (χ4n) is 4.70. The second-order valence-electron chi connectivity index (χ2n) is 10.1. The first-order valence-corrected chi connectivity index (χ1v) is 14.7. The molecule has 218 valence electrons. The predicted molar refractivity (Wildman–Crippen MR) is 165 cm³/mol. The van der Waals surface area contributed by atoms with Crippen molar-refractivity contribution in [3.63, 3.8) is 0 Å². The Morgan fingerprint density at radius 3 is 2.51 bits per heavy atom. The number of benzene rings is 3. The minimum atomic E-state index is -0.748. The number of nitrogens with zero attached hydrogens (tertiary/aromatic N) is 3. The monoisotopic (exact) mass is 613 g/mol. The van der Waals surface area contributed by atoms with Crippen molar-refractivity contribution in [1.29, 1.82) is 5.26 Å². The summed E-state index contributed by atoms with van der Waals surface area (Å²) in [4.78, 5) is 32.5. The molecule has 1 aromatic heterocycles. The number of methoxy groups -OCH3 is 1. The van der Waals surface area contributed by atoms with Crippen molar-refractivity contribution >= 4 is 35.0 Å². The summed E-state index contributed by atoms with van der Waals surface area (Å²) < 4.78 is 18.9. The average Bonchev–Trinajstić information content (AvgIpc) is 3.29. The molecule has 8 nitrogen and oxygen atoms in total. The molecule has 0 fully saturated rings. The summed E-state index contributed by atoms with van der Waals surface area (Å²) in [6.45, 7) is 5.55.